The quantitative estimate of drug-likeness (QED) is 0.731. The van der Waals surface area contributed by atoms with E-state index in [0.29, 0.717) is 0 Å². The highest BCUT2D eigenvalue weighted by Crippen LogP contribution is 2.59. The van der Waals surface area contributed by atoms with Gasteiger partial charge in [-0.15, -0.1) is 0 Å². The van der Waals surface area contributed by atoms with E-state index in [1.165, 1.54) is 7.11 Å². The van der Waals surface area contributed by atoms with Crippen molar-refractivity contribution in [3.8, 4) is 6.07 Å². The molecule has 0 unspecified atom stereocenters. The average Bonchev–Trinajstić information content (AvgIpc) is 2.36. The first-order chi connectivity index (χ1) is 10.0. The number of fused-ring (bicyclic) bond motifs is 1. The Hall–Kier alpha value is -1.47. The van der Waals surface area contributed by atoms with Gasteiger partial charge in [-0.3, -0.25) is 0 Å². The summed E-state index contributed by atoms with van der Waals surface area (Å²) >= 11 is 0. The molecule has 10 heteroatoms. The van der Waals surface area contributed by atoms with Gasteiger partial charge in [0, 0.05) is 32.8 Å². The number of halogens is 6. The molecule has 2 heterocycles. The first-order valence-electron chi connectivity index (χ1n) is 6.16. The molecule has 0 aromatic rings. The Morgan fingerprint density at radius 2 is 1.68 bits per heavy atom. The minimum Gasteiger partial charge on any atom is -0.361 e. The van der Waals surface area contributed by atoms with Crippen molar-refractivity contribution in [3.63, 3.8) is 0 Å². The number of hydrogen-bond donors (Lipinski definition) is 0. The topological polar surface area (TPSA) is 45.5 Å². The summed E-state index contributed by atoms with van der Waals surface area (Å²) < 4.78 is 89.5. The van der Waals surface area contributed by atoms with E-state index in [1.807, 2.05) is 0 Å². The van der Waals surface area contributed by atoms with Crippen LogP contribution in [0.15, 0.2) is 11.3 Å². The largest absolute Gasteiger partial charge is 0.416 e. The monoisotopic (exact) mass is 330 g/mol. The van der Waals surface area contributed by atoms with Gasteiger partial charge in [0.1, 0.15) is 12.5 Å². The number of allylic oxidation sites excluding steroid dienone is 1. The van der Waals surface area contributed by atoms with Crippen LogP contribution in [0.25, 0.3) is 0 Å². The Morgan fingerprint density at radius 1 is 1.14 bits per heavy atom. The Balaban J connectivity index is 2.69. The zero-order valence-corrected chi connectivity index (χ0v) is 11.5. The predicted molar refractivity (Wildman–Crippen MR) is 59.8 cm³/mol. The first-order valence-corrected chi connectivity index (χ1v) is 6.16. The number of nitriles is 1. The number of alkyl halides is 6. The van der Waals surface area contributed by atoms with E-state index in [4.69, 9.17) is 14.7 Å². The minimum atomic E-state index is -5.37. The molecule has 0 bridgehead atoms. The lowest BCUT2D eigenvalue weighted by atomic mass is 9.70. The lowest BCUT2D eigenvalue weighted by molar-refractivity contribution is -0.253. The lowest BCUT2D eigenvalue weighted by Crippen LogP contribution is -2.62. The third-order valence-corrected chi connectivity index (χ3v) is 4.00. The zero-order chi connectivity index (χ0) is 16.9. The molecule has 0 aromatic heterocycles. The molecule has 2 aliphatic heterocycles. The minimum absolute atomic E-state index is 0.356. The van der Waals surface area contributed by atoms with Gasteiger partial charge in [0.2, 0.25) is 0 Å². The van der Waals surface area contributed by atoms with Gasteiger partial charge in [-0.1, -0.05) is 0 Å². The fraction of sp³-hybridized carbons (Fsp3) is 0.750. The molecule has 0 spiro atoms. The smallest absolute Gasteiger partial charge is 0.361 e. The van der Waals surface area contributed by atoms with Gasteiger partial charge in [-0.2, -0.15) is 31.6 Å². The third-order valence-electron chi connectivity index (χ3n) is 4.00. The number of ether oxygens (including phenoxy) is 2. The molecule has 124 valence electrons. The van der Waals surface area contributed by atoms with E-state index >= 15 is 0 Å². The fourth-order valence-corrected chi connectivity index (χ4v) is 2.95. The molecule has 2 aliphatic rings. The highest BCUT2D eigenvalue weighted by Gasteiger charge is 2.70. The maximum atomic E-state index is 13.3. The van der Waals surface area contributed by atoms with Gasteiger partial charge in [-0.05, 0) is 0 Å². The second-order valence-electron chi connectivity index (χ2n) is 5.03. The zero-order valence-electron chi connectivity index (χ0n) is 11.5. The van der Waals surface area contributed by atoms with Crippen molar-refractivity contribution in [3.05, 3.63) is 11.3 Å². The Labute approximate surface area is 121 Å². The van der Waals surface area contributed by atoms with E-state index in [-0.39, 0.29) is 6.42 Å². The summed E-state index contributed by atoms with van der Waals surface area (Å²) in [4.78, 5) is 1.00. The highest BCUT2D eigenvalue weighted by atomic mass is 19.4. The van der Waals surface area contributed by atoms with Crippen LogP contribution in [0.5, 0.6) is 0 Å². The van der Waals surface area contributed by atoms with Crippen LogP contribution < -0.4 is 0 Å². The van der Waals surface area contributed by atoms with E-state index in [2.05, 4.69) is 0 Å². The molecule has 3 atom stereocenters. The van der Waals surface area contributed by atoms with Crippen LogP contribution in [-0.4, -0.2) is 43.9 Å². The molecule has 0 radical (unpaired) electrons. The van der Waals surface area contributed by atoms with Gasteiger partial charge in [-0.25, -0.2) is 0 Å². The molecule has 1 fully saturated rings. The highest BCUT2D eigenvalue weighted by molar-refractivity contribution is 5.40. The summed E-state index contributed by atoms with van der Waals surface area (Å²) in [7, 11) is 2.31. The Morgan fingerprint density at radius 3 is 2.05 bits per heavy atom. The summed E-state index contributed by atoms with van der Waals surface area (Å²) in [6, 6.07) is 0.846. The second-order valence-corrected chi connectivity index (χ2v) is 5.03. The van der Waals surface area contributed by atoms with Crippen LogP contribution in [0.2, 0.25) is 0 Å². The summed E-state index contributed by atoms with van der Waals surface area (Å²) in [5.74, 6) is 0. The maximum Gasteiger partial charge on any atom is 0.416 e. The molecule has 4 nitrogen and oxygen atoms in total. The predicted octanol–water partition coefficient (Wildman–Crippen LogP) is 2.93. The van der Waals surface area contributed by atoms with E-state index in [1.54, 1.807) is 0 Å². The van der Waals surface area contributed by atoms with Crippen LogP contribution >= 0.6 is 0 Å². The maximum absolute atomic E-state index is 13.3. The van der Waals surface area contributed by atoms with E-state index in [9.17, 15) is 26.3 Å². The number of rotatable bonds is 2. The third kappa shape index (κ3) is 2.14. The normalized spacial score (nSPS) is 32.4. The average molecular weight is 330 g/mol. The van der Waals surface area contributed by atoms with Crippen LogP contribution in [0.3, 0.4) is 0 Å². The molecule has 2 rings (SSSR count). The summed E-state index contributed by atoms with van der Waals surface area (Å²) in [5, 5.41) is 8.97. The van der Waals surface area contributed by atoms with Crippen LogP contribution in [0, 0.1) is 16.7 Å². The molecule has 22 heavy (non-hydrogen) atoms. The van der Waals surface area contributed by atoms with Crippen molar-refractivity contribution in [1.82, 2.24) is 4.90 Å². The van der Waals surface area contributed by atoms with Gasteiger partial charge >= 0.3 is 12.4 Å². The molecule has 0 N–H and O–H groups in total. The van der Waals surface area contributed by atoms with Crippen molar-refractivity contribution < 1.29 is 35.8 Å². The number of nitrogens with zero attached hydrogens (tertiary/aromatic N) is 2. The van der Waals surface area contributed by atoms with Crippen molar-refractivity contribution >= 4 is 0 Å². The molecule has 0 aromatic carbocycles. The summed E-state index contributed by atoms with van der Waals surface area (Å²) in [6.07, 6.45) is -14.3. The fourth-order valence-electron chi connectivity index (χ4n) is 2.95. The Kier molecular flexibility index (Phi) is 3.86. The SMILES string of the molecule is CO[C@@H]1CC2=C(C(F)(F)F)[C@@](C#N)(C(F)(F)F)C[C@@H](OC)N21. The lowest BCUT2D eigenvalue weighted by Gasteiger charge is -2.55. The van der Waals surface area contributed by atoms with Gasteiger partial charge in [0.25, 0.3) is 0 Å². The molecule has 0 aliphatic carbocycles. The molecule has 0 saturated carbocycles. The van der Waals surface area contributed by atoms with E-state index in [0.717, 1.165) is 18.1 Å². The van der Waals surface area contributed by atoms with Gasteiger partial charge < -0.3 is 14.4 Å². The standard InChI is InChI=1S/C12H12F6N2O2/c1-21-7-3-6-9(11(13,14)15)10(5-19,12(16,17)18)4-8(22-2)20(6)7/h7-8H,3-4H2,1-2H3/t7-,8-,10-/m1/s1. The summed E-state index contributed by atoms with van der Waals surface area (Å²) in [6.45, 7) is 0. The molecular formula is C12H12F6N2O2. The molecule has 0 amide bonds. The van der Waals surface area contributed by atoms with Gasteiger partial charge in [0.15, 0.2) is 5.41 Å². The second kappa shape index (κ2) is 5.03. The number of hydrogen-bond acceptors (Lipinski definition) is 4. The van der Waals surface area contributed by atoms with Crippen LogP contribution in [-0.2, 0) is 9.47 Å². The summed E-state index contributed by atoms with van der Waals surface area (Å²) in [5.41, 5.74) is -6.11. The van der Waals surface area contributed by atoms with E-state index < -0.39 is 47.9 Å². The van der Waals surface area contributed by atoms with Crippen molar-refractivity contribution in [2.75, 3.05) is 14.2 Å². The molecular weight excluding hydrogens is 318 g/mol. The number of methoxy groups -OCH3 is 2. The Bertz CT molecular complexity index is 535. The van der Waals surface area contributed by atoms with Crippen molar-refractivity contribution in [1.29, 1.82) is 5.26 Å². The molecule has 1 saturated heterocycles. The van der Waals surface area contributed by atoms with Crippen molar-refractivity contribution in [2.24, 2.45) is 5.41 Å². The van der Waals surface area contributed by atoms with Crippen LogP contribution in [0.4, 0.5) is 26.3 Å². The van der Waals surface area contributed by atoms with Crippen molar-refractivity contribution in [2.45, 2.75) is 37.7 Å². The van der Waals surface area contributed by atoms with Gasteiger partial charge in [0.05, 0.1) is 11.6 Å². The van der Waals surface area contributed by atoms with Crippen LogP contribution in [0.1, 0.15) is 12.8 Å². The first kappa shape index (κ1) is 16.9.